The minimum Gasteiger partial charge on any atom is -0.290 e. The van der Waals surface area contributed by atoms with E-state index in [1.807, 2.05) is 36.1 Å². The minimum atomic E-state index is -0.778. The summed E-state index contributed by atoms with van der Waals surface area (Å²) in [5.41, 5.74) is 2.46. The molecule has 4 aromatic heterocycles. The van der Waals surface area contributed by atoms with Gasteiger partial charge in [-0.1, -0.05) is 0 Å². The van der Waals surface area contributed by atoms with Gasteiger partial charge in [0.2, 0.25) is 0 Å². The third-order valence-electron chi connectivity index (χ3n) is 5.99. The maximum atomic E-state index is 13.1. The lowest BCUT2D eigenvalue weighted by Gasteiger charge is -2.51. The quantitative estimate of drug-likeness (QED) is 0.440. The van der Waals surface area contributed by atoms with E-state index in [1.54, 1.807) is 32.9 Å². The van der Waals surface area contributed by atoms with Crippen molar-refractivity contribution in [2.45, 2.75) is 18.0 Å². The second-order valence-electron chi connectivity index (χ2n) is 8.12. The van der Waals surface area contributed by atoms with Crippen molar-refractivity contribution in [1.29, 1.82) is 5.26 Å². The van der Waals surface area contributed by atoms with Gasteiger partial charge in [-0.05, 0) is 0 Å². The van der Waals surface area contributed by atoms with Gasteiger partial charge in [0.15, 0.2) is 0 Å². The van der Waals surface area contributed by atoms with Crippen molar-refractivity contribution in [2.24, 2.45) is 7.05 Å². The lowest BCUT2D eigenvalue weighted by molar-refractivity contribution is -0.0383. The summed E-state index contributed by atoms with van der Waals surface area (Å²) in [4.78, 5) is 10.9. The van der Waals surface area contributed by atoms with Crippen LogP contribution < -0.4 is 0 Å². The van der Waals surface area contributed by atoms with E-state index >= 15 is 0 Å². The molecule has 0 saturated carbocycles. The second-order valence-corrected chi connectivity index (χ2v) is 8.12. The Morgan fingerprint density at radius 2 is 1.94 bits per heavy atom. The highest BCUT2D eigenvalue weighted by atomic mass is 19.1. The molecule has 0 unspecified atom stereocenters. The molecular formula is C21H21F2N9. The summed E-state index contributed by atoms with van der Waals surface area (Å²) in [7, 11) is 1.84. The molecule has 0 aromatic carbocycles. The smallest absolute Gasteiger partial charge is 0.149 e. The first kappa shape index (κ1) is 20.3. The van der Waals surface area contributed by atoms with E-state index in [0.29, 0.717) is 18.9 Å². The first-order chi connectivity index (χ1) is 15.6. The molecule has 0 bridgehead atoms. The van der Waals surface area contributed by atoms with Crippen molar-refractivity contribution in [3.8, 4) is 28.7 Å². The molecule has 1 aliphatic heterocycles. The molecular weight excluding hydrogens is 416 g/mol. The van der Waals surface area contributed by atoms with Crippen LogP contribution in [0.4, 0.5) is 8.78 Å². The van der Waals surface area contributed by atoms with E-state index in [1.165, 1.54) is 0 Å². The molecule has 0 spiro atoms. The maximum Gasteiger partial charge on any atom is 0.149 e. The molecule has 9 nitrogen and oxygen atoms in total. The lowest BCUT2D eigenvalue weighted by Crippen LogP contribution is -2.66. The van der Waals surface area contributed by atoms with Gasteiger partial charge in [0.1, 0.15) is 30.4 Å². The zero-order chi connectivity index (χ0) is 22.3. The minimum absolute atomic E-state index is 0.194. The SMILES string of the molecule is Cn1cc(-c2cc3nccn3c(-c3cnn(C4(CC#N)CN(C(CF)CF)C4)c3)n2)cn1. The van der Waals surface area contributed by atoms with Crippen LogP contribution in [-0.4, -0.2) is 71.3 Å². The van der Waals surface area contributed by atoms with Crippen molar-refractivity contribution < 1.29 is 8.78 Å². The highest BCUT2D eigenvalue weighted by molar-refractivity contribution is 5.68. The van der Waals surface area contributed by atoms with E-state index in [9.17, 15) is 14.0 Å². The van der Waals surface area contributed by atoms with Gasteiger partial charge in [0.05, 0.1) is 42.2 Å². The largest absolute Gasteiger partial charge is 0.290 e. The van der Waals surface area contributed by atoms with Gasteiger partial charge in [-0.15, -0.1) is 0 Å². The Morgan fingerprint density at radius 3 is 2.62 bits per heavy atom. The van der Waals surface area contributed by atoms with Crippen LogP contribution in [0.1, 0.15) is 6.42 Å². The average Bonchev–Trinajstić information content (AvgIpc) is 3.52. The van der Waals surface area contributed by atoms with Crippen LogP contribution in [0.3, 0.4) is 0 Å². The topological polar surface area (TPSA) is 92.9 Å². The van der Waals surface area contributed by atoms with Crippen LogP contribution in [0.15, 0.2) is 43.2 Å². The predicted octanol–water partition coefficient (Wildman–Crippen LogP) is 2.23. The third-order valence-corrected chi connectivity index (χ3v) is 5.99. The number of aromatic nitrogens is 7. The first-order valence-corrected chi connectivity index (χ1v) is 10.2. The molecule has 4 aromatic rings. The summed E-state index contributed by atoms with van der Waals surface area (Å²) >= 11 is 0. The van der Waals surface area contributed by atoms with Crippen LogP contribution in [0.5, 0.6) is 0 Å². The molecule has 164 valence electrons. The molecule has 0 atom stereocenters. The zero-order valence-electron chi connectivity index (χ0n) is 17.4. The number of alkyl halides is 2. The Labute approximate surface area is 182 Å². The monoisotopic (exact) mass is 437 g/mol. The number of hydrogen-bond donors (Lipinski definition) is 0. The predicted molar refractivity (Wildman–Crippen MR) is 112 cm³/mol. The molecule has 5 heterocycles. The Morgan fingerprint density at radius 1 is 1.16 bits per heavy atom. The normalized spacial score (nSPS) is 15.8. The molecule has 1 aliphatic rings. The number of rotatable bonds is 7. The number of halogens is 2. The molecule has 5 rings (SSSR count). The van der Waals surface area contributed by atoms with E-state index in [0.717, 1.165) is 22.5 Å². The van der Waals surface area contributed by atoms with Gasteiger partial charge < -0.3 is 0 Å². The summed E-state index contributed by atoms with van der Waals surface area (Å²) < 4.78 is 31.5. The fraction of sp³-hybridized carbons (Fsp3) is 0.381. The highest BCUT2D eigenvalue weighted by Gasteiger charge is 2.47. The number of likely N-dealkylation sites (tertiary alicyclic amines) is 1. The van der Waals surface area contributed by atoms with Gasteiger partial charge in [0.25, 0.3) is 0 Å². The number of imidazole rings is 1. The standard InChI is InChI=1S/C21H21F2N9/c1-29-11-15(9-26-29)18-6-19-25-4-5-31(19)20(28-18)16-10-27-32(12-16)21(2-3-24)13-30(14-21)17(7-22)8-23/h4-6,9-12,17H,2,7-8,13-14H2,1H3. The molecule has 0 radical (unpaired) electrons. The van der Waals surface area contributed by atoms with Gasteiger partial charge >= 0.3 is 0 Å². The molecule has 0 amide bonds. The van der Waals surface area contributed by atoms with Gasteiger partial charge in [-0.25, -0.2) is 18.7 Å². The van der Waals surface area contributed by atoms with Gasteiger partial charge in [-0.3, -0.25) is 18.7 Å². The maximum absolute atomic E-state index is 13.1. The molecule has 32 heavy (non-hydrogen) atoms. The molecule has 0 N–H and O–H groups in total. The van der Waals surface area contributed by atoms with Crippen LogP contribution in [0, 0.1) is 11.3 Å². The van der Waals surface area contributed by atoms with Gasteiger partial charge in [0, 0.05) is 56.6 Å². The Hall–Kier alpha value is -3.65. The highest BCUT2D eigenvalue weighted by Crippen LogP contribution is 2.35. The lowest BCUT2D eigenvalue weighted by atomic mass is 9.85. The summed E-state index contributed by atoms with van der Waals surface area (Å²) in [6.07, 6.45) is 10.9. The van der Waals surface area contributed by atoms with Crippen LogP contribution in [0.2, 0.25) is 0 Å². The van der Waals surface area contributed by atoms with Crippen LogP contribution >= 0.6 is 0 Å². The second kappa shape index (κ2) is 7.80. The summed E-state index contributed by atoms with van der Waals surface area (Å²) in [6, 6.07) is 3.31. The fourth-order valence-electron chi connectivity index (χ4n) is 4.22. The first-order valence-electron chi connectivity index (χ1n) is 10.2. The van der Waals surface area contributed by atoms with E-state index in [4.69, 9.17) is 4.98 Å². The van der Waals surface area contributed by atoms with Crippen LogP contribution in [-0.2, 0) is 12.6 Å². The number of hydrogen-bond acceptors (Lipinski definition) is 6. The summed E-state index contributed by atoms with van der Waals surface area (Å²) in [5, 5.41) is 18.1. The van der Waals surface area contributed by atoms with Gasteiger partial charge in [-0.2, -0.15) is 15.5 Å². The number of nitriles is 1. The van der Waals surface area contributed by atoms with Crippen molar-refractivity contribution in [1.82, 2.24) is 38.8 Å². The summed E-state index contributed by atoms with van der Waals surface area (Å²) in [5.74, 6) is 0.652. The average molecular weight is 437 g/mol. The molecule has 1 saturated heterocycles. The fourth-order valence-corrected chi connectivity index (χ4v) is 4.22. The summed E-state index contributed by atoms with van der Waals surface area (Å²) in [6.45, 7) is -0.784. The molecule has 1 fully saturated rings. The van der Waals surface area contributed by atoms with Crippen molar-refractivity contribution in [2.75, 3.05) is 26.4 Å². The Bertz CT molecular complexity index is 1290. The molecule has 11 heteroatoms. The van der Waals surface area contributed by atoms with E-state index in [-0.39, 0.29) is 6.42 Å². The molecule has 0 aliphatic carbocycles. The number of nitrogens with zero attached hydrogens (tertiary/aromatic N) is 9. The Balaban J connectivity index is 1.52. The van der Waals surface area contributed by atoms with Crippen molar-refractivity contribution in [3.05, 3.63) is 43.2 Å². The third kappa shape index (κ3) is 3.23. The van der Waals surface area contributed by atoms with Crippen molar-refractivity contribution >= 4 is 5.65 Å². The number of fused-ring (bicyclic) bond motifs is 1. The Kier molecular flexibility index (Phi) is 4.94. The zero-order valence-corrected chi connectivity index (χ0v) is 17.4. The van der Waals surface area contributed by atoms with E-state index < -0.39 is 24.9 Å². The van der Waals surface area contributed by atoms with E-state index in [2.05, 4.69) is 21.3 Å². The number of aryl methyl sites for hydroxylation is 1. The van der Waals surface area contributed by atoms with Crippen LogP contribution in [0.25, 0.3) is 28.3 Å². The van der Waals surface area contributed by atoms with Crippen molar-refractivity contribution in [3.63, 3.8) is 0 Å².